The predicted octanol–water partition coefficient (Wildman–Crippen LogP) is 1.71. The highest BCUT2D eigenvalue weighted by molar-refractivity contribution is 5.85. The van der Waals surface area contributed by atoms with Gasteiger partial charge in [0, 0.05) is 39.3 Å². The van der Waals surface area contributed by atoms with Crippen LogP contribution in [0.5, 0.6) is 0 Å². The molecule has 2 N–H and O–H groups in total. The highest BCUT2D eigenvalue weighted by atomic mass is 15.2. The molecule has 0 radical (unpaired) electrons. The number of piperazine rings is 1. The van der Waals surface area contributed by atoms with E-state index in [1.165, 1.54) is 11.1 Å². The molecule has 1 fully saturated rings. The van der Waals surface area contributed by atoms with Crippen molar-refractivity contribution in [3.05, 3.63) is 47.9 Å². The van der Waals surface area contributed by atoms with Gasteiger partial charge < -0.3 is 10.2 Å². The second-order valence-corrected chi connectivity index (χ2v) is 6.61. The molecular weight excluding hydrogens is 314 g/mol. The van der Waals surface area contributed by atoms with Gasteiger partial charge in [-0.3, -0.25) is 10.00 Å². The summed E-state index contributed by atoms with van der Waals surface area (Å²) in [6.45, 7) is 6.32. The van der Waals surface area contributed by atoms with Crippen molar-refractivity contribution in [1.29, 1.82) is 0 Å². The number of aromatic amines is 1. The molecule has 1 aromatic carbocycles. The number of likely N-dealkylation sites (N-methyl/N-ethyl adjacent to an activating group) is 1. The van der Waals surface area contributed by atoms with Crippen molar-refractivity contribution >= 4 is 16.9 Å². The molecule has 1 aliphatic heterocycles. The Morgan fingerprint density at radius 1 is 1.12 bits per heavy atom. The fourth-order valence-corrected chi connectivity index (χ4v) is 3.19. The Bertz CT molecular complexity index is 836. The maximum absolute atomic E-state index is 4.32. The molecule has 0 bridgehead atoms. The van der Waals surface area contributed by atoms with Gasteiger partial charge in [-0.25, -0.2) is 9.97 Å². The average Bonchev–Trinajstić information content (AvgIpc) is 3.12. The van der Waals surface area contributed by atoms with E-state index in [0.717, 1.165) is 56.1 Å². The molecule has 25 heavy (non-hydrogen) atoms. The van der Waals surface area contributed by atoms with Gasteiger partial charge in [0.05, 0.1) is 11.6 Å². The van der Waals surface area contributed by atoms with Crippen LogP contribution in [0, 0.1) is 0 Å². The first-order chi connectivity index (χ1) is 12.3. The molecule has 4 rings (SSSR count). The van der Waals surface area contributed by atoms with E-state index in [9.17, 15) is 0 Å². The third-order valence-corrected chi connectivity index (χ3v) is 4.70. The summed E-state index contributed by atoms with van der Waals surface area (Å²) in [5.74, 6) is 0.809. The van der Waals surface area contributed by atoms with Gasteiger partial charge in [0.25, 0.3) is 0 Å². The molecular formula is C18H23N7. The number of benzene rings is 1. The summed E-state index contributed by atoms with van der Waals surface area (Å²) in [6, 6.07) is 8.77. The topological polar surface area (TPSA) is 73.0 Å². The lowest BCUT2D eigenvalue weighted by molar-refractivity contribution is 0.148. The number of nitrogens with zero attached hydrogens (tertiary/aromatic N) is 5. The number of fused-ring (bicyclic) bond motifs is 1. The molecule has 0 amide bonds. The fourth-order valence-electron chi connectivity index (χ4n) is 3.19. The highest BCUT2D eigenvalue weighted by Crippen LogP contribution is 2.17. The van der Waals surface area contributed by atoms with Crippen molar-refractivity contribution in [3.63, 3.8) is 0 Å². The molecule has 0 saturated carbocycles. The van der Waals surface area contributed by atoms with Gasteiger partial charge >= 0.3 is 0 Å². The monoisotopic (exact) mass is 337 g/mol. The first-order valence-corrected chi connectivity index (χ1v) is 8.64. The van der Waals surface area contributed by atoms with Crippen molar-refractivity contribution < 1.29 is 0 Å². The molecule has 0 atom stereocenters. The standard InChI is InChI=1S/C18H23N7/c1-24-5-7-25(8-6-24)12-15-4-2-3-14(9-15)10-19-17-16-11-22-23-18(16)21-13-20-17/h2-4,9,11,13H,5-8,10,12H2,1H3,(H2,19,20,21,22,23). The average molecular weight is 337 g/mol. The number of anilines is 1. The lowest BCUT2D eigenvalue weighted by Gasteiger charge is -2.32. The van der Waals surface area contributed by atoms with Crippen LogP contribution >= 0.6 is 0 Å². The highest BCUT2D eigenvalue weighted by Gasteiger charge is 2.14. The number of nitrogens with one attached hydrogen (secondary N) is 2. The van der Waals surface area contributed by atoms with Crippen LogP contribution in [-0.4, -0.2) is 63.2 Å². The van der Waals surface area contributed by atoms with Crippen LogP contribution in [0.2, 0.25) is 0 Å². The Morgan fingerprint density at radius 3 is 2.84 bits per heavy atom. The number of rotatable bonds is 5. The van der Waals surface area contributed by atoms with Gasteiger partial charge in [0.1, 0.15) is 12.1 Å². The minimum absolute atomic E-state index is 0.730. The molecule has 2 aromatic heterocycles. The van der Waals surface area contributed by atoms with Gasteiger partial charge in [0.15, 0.2) is 5.65 Å². The molecule has 130 valence electrons. The summed E-state index contributed by atoms with van der Waals surface area (Å²) in [7, 11) is 2.19. The number of hydrogen-bond donors (Lipinski definition) is 2. The van der Waals surface area contributed by atoms with Gasteiger partial charge in [-0.2, -0.15) is 5.10 Å². The van der Waals surface area contributed by atoms with Crippen LogP contribution in [0.3, 0.4) is 0 Å². The summed E-state index contributed by atoms with van der Waals surface area (Å²) in [5, 5.41) is 11.2. The van der Waals surface area contributed by atoms with E-state index >= 15 is 0 Å². The predicted molar refractivity (Wildman–Crippen MR) is 98.2 cm³/mol. The molecule has 3 heterocycles. The van der Waals surface area contributed by atoms with Gasteiger partial charge in [-0.1, -0.05) is 24.3 Å². The smallest absolute Gasteiger partial charge is 0.160 e. The quantitative estimate of drug-likeness (QED) is 0.738. The number of hydrogen-bond acceptors (Lipinski definition) is 6. The van der Waals surface area contributed by atoms with Crippen molar-refractivity contribution in [3.8, 4) is 0 Å². The van der Waals surface area contributed by atoms with Gasteiger partial charge in [-0.05, 0) is 18.2 Å². The van der Waals surface area contributed by atoms with Crippen LogP contribution in [0.1, 0.15) is 11.1 Å². The summed E-state index contributed by atoms with van der Waals surface area (Å²) < 4.78 is 0. The molecule has 1 aliphatic rings. The zero-order valence-corrected chi connectivity index (χ0v) is 14.4. The third-order valence-electron chi connectivity index (χ3n) is 4.70. The second kappa shape index (κ2) is 7.16. The first kappa shape index (κ1) is 16.0. The van der Waals surface area contributed by atoms with E-state index in [1.807, 2.05) is 0 Å². The molecule has 0 unspecified atom stereocenters. The normalized spacial score (nSPS) is 16.4. The zero-order chi connectivity index (χ0) is 17.1. The lowest BCUT2D eigenvalue weighted by Crippen LogP contribution is -2.43. The molecule has 3 aromatic rings. The van der Waals surface area contributed by atoms with E-state index in [1.54, 1.807) is 12.5 Å². The summed E-state index contributed by atoms with van der Waals surface area (Å²) in [5.41, 5.74) is 3.36. The van der Waals surface area contributed by atoms with E-state index in [2.05, 4.69) is 66.6 Å². The Kier molecular flexibility index (Phi) is 4.58. The van der Waals surface area contributed by atoms with Crippen LogP contribution < -0.4 is 5.32 Å². The van der Waals surface area contributed by atoms with Crippen molar-refractivity contribution in [1.82, 2.24) is 30.0 Å². The fraction of sp³-hybridized carbons (Fsp3) is 0.389. The van der Waals surface area contributed by atoms with Crippen molar-refractivity contribution in [2.45, 2.75) is 13.1 Å². The van der Waals surface area contributed by atoms with Crippen LogP contribution in [0.4, 0.5) is 5.82 Å². The minimum atomic E-state index is 0.730. The Labute approximate surface area is 147 Å². The SMILES string of the molecule is CN1CCN(Cc2cccc(CNc3ncnc4[nH]ncc34)c2)CC1. The van der Waals surface area contributed by atoms with Crippen molar-refractivity contribution in [2.24, 2.45) is 0 Å². The van der Waals surface area contributed by atoms with E-state index in [4.69, 9.17) is 0 Å². The summed E-state index contributed by atoms with van der Waals surface area (Å²) >= 11 is 0. The Morgan fingerprint density at radius 2 is 1.96 bits per heavy atom. The summed E-state index contributed by atoms with van der Waals surface area (Å²) in [4.78, 5) is 13.4. The Hall–Kier alpha value is -2.51. The molecule has 7 heteroatoms. The maximum Gasteiger partial charge on any atom is 0.160 e. The van der Waals surface area contributed by atoms with E-state index in [-0.39, 0.29) is 0 Å². The number of aromatic nitrogens is 4. The third kappa shape index (κ3) is 3.78. The van der Waals surface area contributed by atoms with E-state index in [0.29, 0.717) is 0 Å². The Balaban J connectivity index is 1.40. The molecule has 0 spiro atoms. The zero-order valence-electron chi connectivity index (χ0n) is 14.4. The number of H-pyrrole nitrogens is 1. The second-order valence-electron chi connectivity index (χ2n) is 6.61. The first-order valence-electron chi connectivity index (χ1n) is 8.64. The summed E-state index contributed by atoms with van der Waals surface area (Å²) in [6.07, 6.45) is 3.30. The molecule has 1 saturated heterocycles. The van der Waals surface area contributed by atoms with Crippen LogP contribution in [0.15, 0.2) is 36.8 Å². The van der Waals surface area contributed by atoms with E-state index < -0.39 is 0 Å². The molecule has 7 nitrogen and oxygen atoms in total. The maximum atomic E-state index is 4.32. The lowest BCUT2D eigenvalue weighted by atomic mass is 10.1. The van der Waals surface area contributed by atoms with Crippen LogP contribution in [-0.2, 0) is 13.1 Å². The largest absolute Gasteiger partial charge is 0.365 e. The van der Waals surface area contributed by atoms with Crippen molar-refractivity contribution in [2.75, 3.05) is 38.5 Å². The van der Waals surface area contributed by atoms with Gasteiger partial charge in [0.2, 0.25) is 0 Å². The van der Waals surface area contributed by atoms with Crippen LogP contribution in [0.25, 0.3) is 11.0 Å². The minimum Gasteiger partial charge on any atom is -0.365 e. The van der Waals surface area contributed by atoms with Gasteiger partial charge in [-0.15, -0.1) is 0 Å². The molecule has 0 aliphatic carbocycles.